The van der Waals surface area contributed by atoms with Gasteiger partial charge in [-0.05, 0) is 51.0 Å². The first-order valence-electron chi connectivity index (χ1n) is 11.3. The molecule has 1 unspecified atom stereocenters. The van der Waals surface area contributed by atoms with Crippen molar-refractivity contribution in [1.82, 2.24) is 15.3 Å². The number of benzene rings is 1. The van der Waals surface area contributed by atoms with Gasteiger partial charge in [-0.25, -0.2) is 18.4 Å². The third kappa shape index (κ3) is 5.47. The maximum Gasteiger partial charge on any atom is 0.225 e. The van der Waals surface area contributed by atoms with Crippen molar-refractivity contribution < 1.29 is 17.6 Å². The fourth-order valence-electron chi connectivity index (χ4n) is 4.16. The molecule has 1 aromatic carbocycles. The van der Waals surface area contributed by atoms with E-state index in [1.54, 1.807) is 6.20 Å². The molecular weight excluding hydrogens is 452 g/mol. The van der Waals surface area contributed by atoms with Crippen LogP contribution in [0.4, 0.5) is 5.95 Å². The predicted octanol–water partition coefficient (Wildman–Crippen LogP) is 2.99. The number of amides is 1. The summed E-state index contributed by atoms with van der Waals surface area (Å²) in [6.07, 6.45) is 1.78. The van der Waals surface area contributed by atoms with Crippen LogP contribution < -0.4 is 10.2 Å². The van der Waals surface area contributed by atoms with Crippen LogP contribution in [0.3, 0.4) is 0 Å². The Hall–Kier alpha value is -3.20. The number of nitrogens with zero attached hydrogens (tertiary/aromatic N) is 3. The van der Waals surface area contributed by atoms with Crippen LogP contribution in [0.2, 0.25) is 0 Å². The van der Waals surface area contributed by atoms with E-state index < -0.39 is 15.9 Å². The summed E-state index contributed by atoms with van der Waals surface area (Å²) in [4.78, 5) is 23.9. The lowest BCUT2D eigenvalue weighted by atomic mass is 9.97. The van der Waals surface area contributed by atoms with Gasteiger partial charge in [0, 0.05) is 30.5 Å². The highest BCUT2D eigenvalue weighted by molar-refractivity contribution is 7.91. The Bertz CT molecular complexity index is 1300. The molecule has 1 saturated heterocycles. The molecule has 180 valence electrons. The van der Waals surface area contributed by atoms with E-state index in [1.165, 1.54) is 0 Å². The summed E-state index contributed by atoms with van der Waals surface area (Å²) in [5, 5.41) is 3.12. The van der Waals surface area contributed by atoms with E-state index in [2.05, 4.69) is 21.4 Å². The molecule has 0 radical (unpaired) electrons. The first-order valence-corrected chi connectivity index (χ1v) is 13.1. The Balaban J connectivity index is 1.50. The number of hydrogen-bond donors (Lipinski definition) is 1. The summed E-state index contributed by atoms with van der Waals surface area (Å²) in [6.45, 7) is 8.54. The Kier molecular flexibility index (Phi) is 6.74. The van der Waals surface area contributed by atoms with Crippen LogP contribution in [0, 0.1) is 27.7 Å². The van der Waals surface area contributed by atoms with Gasteiger partial charge in [0.15, 0.2) is 9.84 Å². The number of aryl methyl sites for hydroxylation is 4. The Labute approximate surface area is 200 Å². The molecule has 0 aliphatic carbocycles. The number of sulfone groups is 1. The monoisotopic (exact) mass is 482 g/mol. The minimum absolute atomic E-state index is 0.103. The summed E-state index contributed by atoms with van der Waals surface area (Å²) < 4.78 is 29.2. The minimum atomic E-state index is -2.98. The summed E-state index contributed by atoms with van der Waals surface area (Å²) >= 11 is 0. The summed E-state index contributed by atoms with van der Waals surface area (Å²) in [5.41, 5.74) is 4.64. The molecule has 34 heavy (non-hydrogen) atoms. The first-order chi connectivity index (χ1) is 16.1. The minimum Gasteiger partial charge on any atom is -0.464 e. The number of furan rings is 1. The van der Waals surface area contributed by atoms with Gasteiger partial charge in [0.25, 0.3) is 0 Å². The van der Waals surface area contributed by atoms with Crippen molar-refractivity contribution in [2.45, 2.75) is 40.2 Å². The molecule has 3 aromatic rings. The maximum absolute atomic E-state index is 13.1. The van der Waals surface area contributed by atoms with Crippen molar-refractivity contribution in [2.75, 3.05) is 29.5 Å². The summed E-state index contributed by atoms with van der Waals surface area (Å²) in [6, 6.07) is 9.52. The molecule has 0 bridgehead atoms. The molecule has 1 fully saturated rings. The van der Waals surface area contributed by atoms with E-state index in [9.17, 15) is 13.2 Å². The normalized spacial score (nSPS) is 16.3. The first kappa shape index (κ1) is 23.9. The highest BCUT2D eigenvalue weighted by atomic mass is 32.2. The van der Waals surface area contributed by atoms with Gasteiger partial charge in [-0.1, -0.05) is 23.8 Å². The molecule has 4 rings (SSSR count). The number of carbonyl (C=O) groups excluding carboxylic acids is 1. The molecule has 1 N–H and O–H groups in total. The zero-order valence-corrected chi connectivity index (χ0v) is 20.8. The van der Waals surface area contributed by atoms with E-state index in [0.717, 1.165) is 28.0 Å². The number of hydrogen-bond acceptors (Lipinski definition) is 7. The molecule has 3 heterocycles. The number of carbonyl (C=O) groups is 1. The zero-order chi connectivity index (χ0) is 24.5. The van der Waals surface area contributed by atoms with Crippen LogP contribution in [-0.2, 0) is 21.1 Å². The van der Waals surface area contributed by atoms with Gasteiger partial charge in [0.2, 0.25) is 11.9 Å². The molecule has 8 nitrogen and oxygen atoms in total. The molecule has 1 atom stereocenters. The zero-order valence-electron chi connectivity index (χ0n) is 20.0. The van der Waals surface area contributed by atoms with Crippen LogP contribution in [-0.4, -0.2) is 48.9 Å². The molecule has 0 spiro atoms. The van der Waals surface area contributed by atoms with Gasteiger partial charge in [-0.3, -0.25) is 4.79 Å². The van der Waals surface area contributed by atoms with E-state index in [4.69, 9.17) is 4.42 Å². The van der Waals surface area contributed by atoms with Gasteiger partial charge in [-0.2, -0.15) is 0 Å². The largest absolute Gasteiger partial charge is 0.464 e. The Morgan fingerprint density at radius 3 is 2.47 bits per heavy atom. The van der Waals surface area contributed by atoms with Crippen molar-refractivity contribution in [3.05, 3.63) is 76.0 Å². The third-order valence-electron chi connectivity index (χ3n) is 6.13. The lowest BCUT2D eigenvalue weighted by Crippen LogP contribution is -2.41. The van der Waals surface area contributed by atoms with E-state index >= 15 is 0 Å². The Morgan fingerprint density at radius 1 is 1.12 bits per heavy atom. The van der Waals surface area contributed by atoms with Crippen molar-refractivity contribution in [2.24, 2.45) is 0 Å². The SMILES string of the molecule is Cc1ccc(C(NC(=O)Cc2cnc(N3CCS(=O)(=O)CC3)nc2C)c2ccc(C)o2)c(C)c1. The molecular formula is C25H30N4O4S. The van der Waals surface area contributed by atoms with E-state index in [0.29, 0.717) is 30.5 Å². The fraction of sp³-hybridized carbons (Fsp3) is 0.400. The molecule has 9 heteroatoms. The average Bonchev–Trinajstić information content (AvgIpc) is 3.20. The van der Waals surface area contributed by atoms with Gasteiger partial charge in [0.05, 0.1) is 17.9 Å². The van der Waals surface area contributed by atoms with E-state index in [-0.39, 0.29) is 23.8 Å². The lowest BCUT2D eigenvalue weighted by molar-refractivity contribution is -0.121. The second-order valence-electron chi connectivity index (χ2n) is 8.91. The smallest absolute Gasteiger partial charge is 0.225 e. The maximum atomic E-state index is 13.1. The quantitative estimate of drug-likeness (QED) is 0.576. The van der Waals surface area contributed by atoms with E-state index in [1.807, 2.05) is 56.9 Å². The van der Waals surface area contributed by atoms with Crippen LogP contribution in [0.5, 0.6) is 0 Å². The van der Waals surface area contributed by atoms with Gasteiger partial charge in [0.1, 0.15) is 17.6 Å². The second-order valence-corrected chi connectivity index (χ2v) is 11.2. The fourth-order valence-corrected chi connectivity index (χ4v) is 5.36. The molecule has 1 amide bonds. The second kappa shape index (κ2) is 9.58. The predicted molar refractivity (Wildman–Crippen MR) is 131 cm³/mol. The molecule has 2 aromatic heterocycles. The summed E-state index contributed by atoms with van der Waals surface area (Å²) in [7, 11) is -2.98. The van der Waals surface area contributed by atoms with Gasteiger partial charge >= 0.3 is 0 Å². The number of anilines is 1. The van der Waals surface area contributed by atoms with Crippen LogP contribution in [0.1, 0.15) is 45.5 Å². The molecule has 0 saturated carbocycles. The van der Waals surface area contributed by atoms with Gasteiger partial charge < -0.3 is 14.6 Å². The third-order valence-corrected chi connectivity index (χ3v) is 7.74. The number of nitrogens with one attached hydrogen (secondary N) is 1. The van der Waals surface area contributed by atoms with Crippen molar-refractivity contribution in [3.63, 3.8) is 0 Å². The highest BCUT2D eigenvalue weighted by Gasteiger charge is 2.25. The molecule has 1 aliphatic rings. The van der Waals surface area contributed by atoms with Crippen LogP contribution >= 0.6 is 0 Å². The van der Waals surface area contributed by atoms with Crippen molar-refractivity contribution in [3.8, 4) is 0 Å². The highest BCUT2D eigenvalue weighted by Crippen LogP contribution is 2.27. The van der Waals surface area contributed by atoms with Crippen molar-refractivity contribution in [1.29, 1.82) is 0 Å². The average molecular weight is 483 g/mol. The standard InChI is InChI=1S/C25H30N4O4S/c1-16-5-7-21(17(2)13-16)24(22-8-6-18(3)33-22)28-23(30)14-20-15-26-25(27-19(20)4)29-9-11-34(31,32)12-10-29/h5-8,13,15,24H,9-12,14H2,1-4H3,(H,28,30). The number of rotatable bonds is 6. The summed E-state index contributed by atoms with van der Waals surface area (Å²) in [5.74, 6) is 2.00. The topological polar surface area (TPSA) is 105 Å². The van der Waals surface area contributed by atoms with Crippen molar-refractivity contribution >= 4 is 21.7 Å². The van der Waals surface area contributed by atoms with Crippen LogP contribution in [0.15, 0.2) is 40.9 Å². The lowest BCUT2D eigenvalue weighted by Gasteiger charge is -2.27. The number of aromatic nitrogens is 2. The molecule has 1 aliphatic heterocycles. The Morgan fingerprint density at radius 2 is 1.85 bits per heavy atom. The van der Waals surface area contributed by atoms with Gasteiger partial charge in [-0.15, -0.1) is 0 Å². The van der Waals surface area contributed by atoms with Crippen LogP contribution in [0.25, 0.3) is 0 Å².